The molecule has 1 amide bonds. The molecule has 0 aliphatic carbocycles. The molecule has 0 heterocycles. The minimum absolute atomic E-state index is 0.0289. The molecule has 1 N–H and O–H groups in total. The van der Waals surface area contributed by atoms with Gasteiger partial charge in [0, 0.05) is 29.0 Å². The van der Waals surface area contributed by atoms with Gasteiger partial charge in [-0.1, -0.05) is 15.9 Å². The topological polar surface area (TPSA) is 32.3 Å². The number of amides is 1. The van der Waals surface area contributed by atoms with Crippen molar-refractivity contribution in [2.24, 2.45) is 0 Å². The molecule has 0 fully saturated rings. The van der Waals surface area contributed by atoms with Gasteiger partial charge >= 0.3 is 0 Å². The first-order valence-electron chi connectivity index (χ1n) is 6.17. The summed E-state index contributed by atoms with van der Waals surface area (Å²) in [6, 6.07) is 10.7. The molecular weight excluding hydrogens is 342 g/mol. The van der Waals surface area contributed by atoms with Gasteiger partial charge in [0.25, 0.3) is 0 Å². The van der Waals surface area contributed by atoms with E-state index in [9.17, 15) is 13.6 Å². The Morgan fingerprint density at radius 3 is 2.43 bits per heavy atom. The molecule has 0 atom stereocenters. The molecule has 21 heavy (non-hydrogen) atoms. The fraction of sp³-hybridized carbons (Fsp3) is 0.133. The Balaban J connectivity index is 1.98. The Morgan fingerprint density at radius 2 is 1.81 bits per heavy atom. The number of hydrogen-bond donors (Lipinski definition) is 1. The van der Waals surface area contributed by atoms with Gasteiger partial charge in [-0.05, 0) is 36.4 Å². The number of rotatable bonds is 4. The molecule has 0 aliphatic heterocycles. The second-order valence-electron chi connectivity index (χ2n) is 4.51. The smallest absolute Gasteiger partial charge is 0.243 e. The highest BCUT2D eigenvalue weighted by molar-refractivity contribution is 9.10. The molecule has 0 unspecified atom stereocenters. The molecule has 3 nitrogen and oxygen atoms in total. The van der Waals surface area contributed by atoms with Crippen molar-refractivity contribution in [1.82, 2.24) is 0 Å². The summed E-state index contributed by atoms with van der Waals surface area (Å²) in [5.74, 6) is -2.09. The zero-order valence-corrected chi connectivity index (χ0v) is 12.8. The van der Waals surface area contributed by atoms with Crippen LogP contribution in [0.4, 0.5) is 20.2 Å². The van der Waals surface area contributed by atoms with Gasteiger partial charge in [0.1, 0.15) is 0 Å². The van der Waals surface area contributed by atoms with Gasteiger partial charge < -0.3 is 10.2 Å². The summed E-state index contributed by atoms with van der Waals surface area (Å²) in [6.45, 7) is 0.0289. The molecule has 110 valence electrons. The first-order valence-corrected chi connectivity index (χ1v) is 6.96. The largest absolute Gasteiger partial charge is 0.365 e. The summed E-state index contributed by atoms with van der Waals surface area (Å²) in [6.07, 6.45) is 0. The predicted molar refractivity (Wildman–Crippen MR) is 82.4 cm³/mol. The fourth-order valence-electron chi connectivity index (χ4n) is 1.76. The van der Waals surface area contributed by atoms with Crippen molar-refractivity contribution in [3.63, 3.8) is 0 Å². The van der Waals surface area contributed by atoms with Gasteiger partial charge in [-0.15, -0.1) is 0 Å². The Labute approximate surface area is 129 Å². The maximum atomic E-state index is 13.2. The van der Waals surface area contributed by atoms with Crippen LogP contribution in [0.15, 0.2) is 46.9 Å². The first-order chi connectivity index (χ1) is 9.95. The van der Waals surface area contributed by atoms with Gasteiger partial charge in [0.15, 0.2) is 11.6 Å². The Bertz CT molecular complexity index is 647. The van der Waals surface area contributed by atoms with Gasteiger partial charge in [0.2, 0.25) is 5.91 Å². The molecule has 0 radical (unpaired) electrons. The molecule has 0 aliphatic rings. The van der Waals surface area contributed by atoms with E-state index in [2.05, 4.69) is 21.2 Å². The quantitative estimate of drug-likeness (QED) is 0.905. The number of benzene rings is 2. The van der Waals surface area contributed by atoms with Gasteiger partial charge in [0.05, 0.1) is 6.54 Å². The second kappa shape index (κ2) is 6.67. The molecule has 0 bridgehead atoms. The standard InChI is InChI=1S/C15H13BrF2N2O/c1-20(12-6-7-13(17)14(18)8-12)9-15(21)19-11-4-2-10(16)3-5-11/h2-8H,9H2,1H3,(H,19,21). The van der Waals surface area contributed by atoms with Crippen molar-refractivity contribution in [2.45, 2.75) is 0 Å². The third-order valence-corrected chi connectivity index (χ3v) is 3.38. The maximum absolute atomic E-state index is 13.2. The second-order valence-corrected chi connectivity index (χ2v) is 5.43. The van der Waals surface area contributed by atoms with Crippen LogP contribution in [0, 0.1) is 11.6 Å². The van der Waals surface area contributed by atoms with Crippen LogP contribution in [-0.2, 0) is 4.79 Å². The summed E-state index contributed by atoms with van der Waals surface area (Å²) in [4.78, 5) is 13.4. The average molecular weight is 355 g/mol. The van der Waals surface area contributed by atoms with Crippen LogP contribution < -0.4 is 10.2 Å². The lowest BCUT2D eigenvalue weighted by Gasteiger charge is -2.19. The number of anilines is 2. The summed E-state index contributed by atoms with van der Waals surface area (Å²) in [5, 5.41) is 2.73. The lowest BCUT2D eigenvalue weighted by molar-refractivity contribution is -0.114. The van der Waals surface area contributed by atoms with Crippen molar-refractivity contribution in [3.05, 3.63) is 58.6 Å². The van der Waals surface area contributed by atoms with E-state index in [4.69, 9.17) is 0 Å². The minimum Gasteiger partial charge on any atom is -0.365 e. The van der Waals surface area contributed by atoms with Gasteiger partial charge in [-0.3, -0.25) is 4.79 Å². The van der Waals surface area contributed by atoms with E-state index in [-0.39, 0.29) is 12.5 Å². The summed E-state index contributed by atoms with van der Waals surface area (Å²) in [7, 11) is 1.63. The van der Waals surface area contributed by atoms with Crippen molar-refractivity contribution in [2.75, 3.05) is 23.8 Å². The Morgan fingerprint density at radius 1 is 1.14 bits per heavy atom. The summed E-state index contributed by atoms with van der Waals surface area (Å²) in [5.41, 5.74) is 1.10. The van der Waals surface area contributed by atoms with E-state index < -0.39 is 11.6 Å². The zero-order valence-electron chi connectivity index (χ0n) is 11.2. The molecule has 0 saturated heterocycles. The average Bonchev–Trinajstić information content (AvgIpc) is 2.44. The number of likely N-dealkylation sites (N-methyl/N-ethyl adjacent to an activating group) is 1. The molecule has 2 aromatic carbocycles. The van der Waals surface area contributed by atoms with Gasteiger partial charge in [-0.25, -0.2) is 8.78 Å². The molecule has 2 aromatic rings. The van der Waals surface area contributed by atoms with Crippen molar-refractivity contribution in [3.8, 4) is 0 Å². The van der Waals surface area contributed by atoms with Crippen LogP contribution in [0.3, 0.4) is 0 Å². The number of nitrogens with one attached hydrogen (secondary N) is 1. The SMILES string of the molecule is CN(CC(=O)Nc1ccc(Br)cc1)c1ccc(F)c(F)c1. The lowest BCUT2D eigenvalue weighted by atomic mass is 10.2. The Kier molecular flexibility index (Phi) is 4.90. The number of halogens is 3. The lowest BCUT2D eigenvalue weighted by Crippen LogP contribution is -2.30. The highest BCUT2D eigenvalue weighted by Crippen LogP contribution is 2.17. The van der Waals surface area contributed by atoms with Crippen LogP contribution in [0.5, 0.6) is 0 Å². The van der Waals surface area contributed by atoms with Crippen LogP contribution in [-0.4, -0.2) is 19.5 Å². The summed E-state index contributed by atoms with van der Waals surface area (Å²) >= 11 is 3.31. The number of nitrogens with zero attached hydrogens (tertiary/aromatic N) is 1. The van der Waals surface area contributed by atoms with Crippen molar-refractivity contribution < 1.29 is 13.6 Å². The Hall–Kier alpha value is -1.95. The van der Waals surface area contributed by atoms with Crippen LogP contribution in [0.1, 0.15) is 0 Å². The number of hydrogen-bond acceptors (Lipinski definition) is 2. The fourth-order valence-corrected chi connectivity index (χ4v) is 2.03. The van der Waals surface area contributed by atoms with Crippen LogP contribution >= 0.6 is 15.9 Å². The third-order valence-electron chi connectivity index (χ3n) is 2.85. The highest BCUT2D eigenvalue weighted by Gasteiger charge is 2.10. The molecule has 0 spiro atoms. The normalized spacial score (nSPS) is 10.3. The molecule has 6 heteroatoms. The van der Waals surface area contributed by atoms with Crippen molar-refractivity contribution in [1.29, 1.82) is 0 Å². The van der Waals surface area contributed by atoms with Crippen LogP contribution in [0.2, 0.25) is 0 Å². The number of carbonyl (C=O) groups excluding carboxylic acids is 1. The maximum Gasteiger partial charge on any atom is 0.243 e. The van der Waals surface area contributed by atoms with E-state index in [1.807, 2.05) is 12.1 Å². The zero-order chi connectivity index (χ0) is 15.4. The van der Waals surface area contributed by atoms with E-state index in [0.29, 0.717) is 11.4 Å². The molecule has 2 rings (SSSR count). The summed E-state index contributed by atoms with van der Waals surface area (Å²) < 4.78 is 26.9. The van der Waals surface area contributed by atoms with Gasteiger partial charge in [-0.2, -0.15) is 0 Å². The van der Waals surface area contributed by atoms with E-state index in [1.54, 1.807) is 19.2 Å². The molecular formula is C15H13BrF2N2O. The van der Waals surface area contributed by atoms with Crippen LogP contribution in [0.25, 0.3) is 0 Å². The monoisotopic (exact) mass is 354 g/mol. The first kappa shape index (κ1) is 15.4. The molecule has 0 aromatic heterocycles. The number of carbonyl (C=O) groups is 1. The van der Waals surface area contributed by atoms with E-state index in [0.717, 1.165) is 16.6 Å². The predicted octanol–water partition coefficient (Wildman–Crippen LogP) is 3.80. The molecule has 0 saturated carbocycles. The van der Waals surface area contributed by atoms with E-state index >= 15 is 0 Å². The minimum atomic E-state index is -0.937. The van der Waals surface area contributed by atoms with E-state index in [1.165, 1.54) is 11.0 Å². The third kappa shape index (κ3) is 4.26. The van der Waals surface area contributed by atoms with Crippen molar-refractivity contribution >= 4 is 33.2 Å². The highest BCUT2D eigenvalue weighted by atomic mass is 79.9.